The number of nitrogens with zero attached hydrogens (tertiary/aromatic N) is 3. The SMILES string of the molecule is C=C1NC(=O)N(c2cc(Cl)c(Oc3cc([C@H]4C[C@@H](OC)C4)c(=O)[nH]n3)c(Cl)c2)N=C1N. The van der Waals surface area contributed by atoms with Crippen molar-refractivity contribution in [3.8, 4) is 11.6 Å². The predicted molar refractivity (Wildman–Crippen MR) is 116 cm³/mol. The van der Waals surface area contributed by atoms with E-state index in [1.807, 2.05) is 0 Å². The number of rotatable bonds is 5. The Hall–Kier alpha value is -3.08. The number of amidine groups is 1. The maximum Gasteiger partial charge on any atom is 0.347 e. The molecule has 10 nitrogen and oxygen atoms in total. The highest BCUT2D eigenvalue weighted by Crippen LogP contribution is 2.41. The number of nitrogens with one attached hydrogen (secondary N) is 2. The van der Waals surface area contributed by atoms with Crippen molar-refractivity contribution in [3.63, 3.8) is 0 Å². The van der Waals surface area contributed by atoms with E-state index >= 15 is 0 Å². The Labute approximate surface area is 186 Å². The normalized spacial score (nSPS) is 20.7. The molecule has 0 saturated heterocycles. The second kappa shape index (κ2) is 8.22. The number of halogens is 2. The zero-order chi connectivity index (χ0) is 22.3. The average molecular weight is 465 g/mol. The van der Waals surface area contributed by atoms with Crippen molar-refractivity contribution >= 4 is 40.8 Å². The number of ether oxygens (including phenoxy) is 2. The molecular formula is C19H18Cl2N6O4. The molecule has 2 heterocycles. The lowest BCUT2D eigenvalue weighted by Gasteiger charge is -2.33. The molecule has 0 unspecified atom stereocenters. The van der Waals surface area contributed by atoms with Crippen LogP contribution >= 0.6 is 23.2 Å². The van der Waals surface area contributed by atoms with Gasteiger partial charge in [-0.25, -0.2) is 9.89 Å². The largest absolute Gasteiger partial charge is 0.434 e. The number of aromatic amines is 1. The number of anilines is 1. The standard InChI is InChI=1S/C19H18Cl2N6O4/c1-8-17(22)26-27(19(29)23-8)10-5-13(20)16(14(21)6-10)31-15-7-12(18(28)25-24-15)9-3-11(4-9)30-2/h5-7,9,11H,1,3-4H2,2H3,(H2,22,26)(H,23,29)(H,25,28)/t9-,11+. The summed E-state index contributed by atoms with van der Waals surface area (Å²) in [5, 5.41) is 14.0. The van der Waals surface area contributed by atoms with Gasteiger partial charge < -0.3 is 20.5 Å². The Kier molecular flexibility index (Phi) is 5.61. The molecule has 4 rings (SSSR count). The fourth-order valence-electron chi connectivity index (χ4n) is 3.27. The molecule has 1 saturated carbocycles. The Bertz CT molecular complexity index is 1140. The van der Waals surface area contributed by atoms with Crippen molar-refractivity contribution in [2.24, 2.45) is 10.8 Å². The number of carbonyl (C=O) groups is 1. The fourth-order valence-corrected chi connectivity index (χ4v) is 3.83. The maximum absolute atomic E-state index is 12.2. The van der Waals surface area contributed by atoms with Gasteiger partial charge in [0.2, 0.25) is 5.88 Å². The van der Waals surface area contributed by atoms with E-state index in [4.69, 9.17) is 38.4 Å². The molecule has 0 atom stereocenters. The number of methoxy groups -OCH3 is 1. The zero-order valence-corrected chi connectivity index (χ0v) is 17.8. The summed E-state index contributed by atoms with van der Waals surface area (Å²) in [7, 11) is 1.64. The van der Waals surface area contributed by atoms with Crippen LogP contribution < -0.4 is 26.4 Å². The third-order valence-electron chi connectivity index (χ3n) is 5.08. The quantitative estimate of drug-likeness (QED) is 0.621. The molecule has 0 spiro atoms. The molecule has 1 aliphatic carbocycles. The van der Waals surface area contributed by atoms with Gasteiger partial charge in [0.1, 0.15) is 0 Å². The molecule has 2 aliphatic rings. The first-order chi connectivity index (χ1) is 14.8. The van der Waals surface area contributed by atoms with Gasteiger partial charge in [0.15, 0.2) is 11.6 Å². The summed E-state index contributed by atoms with van der Waals surface area (Å²) in [6.45, 7) is 3.59. The molecule has 31 heavy (non-hydrogen) atoms. The fraction of sp³-hybridized carbons (Fsp3) is 0.263. The summed E-state index contributed by atoms with van der Waals surface area (Å²) in [5.41, 5.74) is 6.45. The molecule has 0 radical (unpaired) electrons. The summed E-state index contributed by atoms with van der Waals surface area (Å²) in [4.78, 5) is 24.3. The predicted octanol–water partition coefficient (Wildman–Crippen LogP) is 3.08. The van der Waals surface area contributed by atoms with Crippen LogP contribution in [0.25, 0.3) is 0 Å². The van der Waals surface area contributed by atoms with Gasteiger partial charge in [-0.05, 0) is 30.9 Å². The Morgan fingerprint density at radius 2 is 1.90 bits per heavy atom. The average Bonchev–Trinajstić information content (AvgIpc) is 2.68. The number of aromatic nitrogens is 2. The first-order valence-electron chi connectivity index (χ1n) is 9.20. The molecule has 12 heteroatoms. The minimum atomic E-state index is -0.568. The number of nitrogens with two attached hydrogens (primary N) is 1. The summed E-state index contributed by atoms with van der Waals surface area (Å²) in [5.74, 6) is 0.341. The number of urea groups is 1. The molecular weight excluding hydrogens is 447 g/mol. The van der Waals surface area contributed by atoms with E-state index in [1.165, 1.54) is 12.1 Å². The van der Waals surface area contributed by atoms with Gasteiger partial charge in [0.25, 0.3) is 5.56 Å². The topological polar surface area (TPSA) is 135 Å². The molecule has 1 fully saturated rings. The lowest BCUT2D eigenvalue weighted by molar-refractivity contribution is 0.0253. The van der Waals surface area contributed by atoms with Crippen LogP contribution in [-0.2, 0) is 4.74 Å². The highest BCUT2D eigenvalue weighted by molar-refractivity contribution is 6.37. The zero-order valence-electron chi connectivity index (χ0n) is 16.3. The number of hydrogen-bond acceptors (Lipinski definition) is 7. The second-order valence-corrected chi connectivity index (χ2v) is 7.88. The number of hydrogen-bond donors (Lipinski definition) is 3. The number of benzene rings is 1. The third kappa shape index (κ3) is 4.09. The second-order valence-electron chi connectivity index (χ2n) is 7.06. The van der Waals surface area contributed by atoms with Gasteiger partial charge in [-0.2, -0.15) is 5.01 Å². The van der Waals surface area contributed by atoms with Gasteiger partial charge in [-0.1, -0.05) is 29.8 Å². The molecule has 2 aromatic rings. The number of H-pyrrole nitrogens is 1. The van der Waals surface area contributed by atoms with Gasteiger partial charge in [-0.15, -0.1) is 10.2 Å². The molecule has 2 amide bonds. The summed E-state index contributed by atoms with van der Waals surface area (Å²) in [6.07, 6.45) is 1.62. The first-order valence-corrected chi connectivity index (χ1v) is 9.96. The van der Waals surface area contributed by atoms with Crippen molar-refractivity contribution < 1.29 is 14.3 Å². The van der Waals surface area contributed by atoms with Gasteiger partial charge in [0.05, 0.1) is 27.5 Å². The summed E-state index contributed by atoms with van der Waals surface area (Å²) in [6, 6.07) is 3.87. The molecule has 162 valence electrons. The molecule has 1 aliphatic heterocycles. The number of hydrazone groups is 1. The van der Waals surface area contributed by atoms with Crippen LogP contribution in [0.1, 0.15) is 24.3 Å². The summed E-state index contributed by atoms with van der Waals surface area (Å²) >= 11 is 12.7. The van der Waals surface area contributed by atoms with Crippen molar-refractivity contribution in [1.82, 2.24) is 15.5 Å². The molecule has 0 bridgehead atoms. The van der Waals surface area contributed by atoms with Crippen LogP contribution in [0.15, 0.2) is 40.4 Å². The van der Waals surface area contributed by atoms with Crippen molar-refractivity contribution in [3.05, 3.63) is 56.4 Å². The van der Waals surface area contributed by atoms with Crippen LogP contribution in [0.5, 0.6) is 11.6 Å². The van der Waals surface area contributed by atoms with E-state index in [9.17, 15) is 9.59 Å². The van der Waals surface area contributed by atoms with E-state index < -0.39 is 6.03 Å². The van der Waals surface area contributed by atoms with Crippen molar-refractivity contribution in [2.75, 3.05) is 12.1 Å². The Morgan fingerprint density at radius 3 is 2.55 bits per heavy atom. The molecule has 4 N–H and O–H groups in total. The summed E-state index contributed by atoms with van der Waals surface area (Å²) < 4.78 is 11.0. The first kappa shape index (κ1) is 21.2. The molecule has 1 aromatic carbocycles. The van der Waals surface area contributed by atoms with E-state index in [0.717, 1.165) is 17.9 Å². The number of carbonyl (C=O) groups excluding carboxylic acids is 1. The monoisotopic (exact) mass is 464 g/mol. The highest BCUT2D eigenvalue weighted by atomic mass is 35.5. The van der Waals surface area contributed by atoms with Gasteiger partial charge in [-0.3, -0.25) is 4.79 Å². The minimum absolute atomic E-state index is 0.0452. The van der Waals surface area contributed by atoms with E-state index in [-0.39, 0.29) is 56.5 Å². The highest BCUT2D eigenvalue weighted by Gasteiger charge is 2.32. The smallest absolute Gasteiger partial charge is 0.347 e. The Morgan fingerprint density at radius 1 is 1.23 bits per heavy atom. The minimum Gasteiger partial charge on any atom is -0.434 e. The van der Waals surface area contributed by atoms with Crippen LogP contribution in [0, 0.1) is 0 Å². The Balaban J connectivity index is 1.60. The van der Waals surface area contributed by atoms with Crippen molar-refractivity contribution in [2.45, 2.75) is 24.9 Å². The van der Waals surface area contributed by atoms with Crippen LogP contribution in [-0.4, -0.2) is 35.3 Å². The van der Waals surface area contributed by atoms with E-state index in [1.54, 1.807) is 13.2 Å². The maximum atomic E-state index is 12.2. The number of amides is 2. The van der Waals surface area contributed by atoms with Gasteiger partial charge >= 0.3 is 6.03 Å². The van der Waals surface area contributed by atoms with Crippen LogP contribution in [0.3, 0.4) is 0 Å². The van der Waals surface area contributed by atoms with Crippen LogP contribution in [0.4, 0.5) is 10.5 Å². The van der Waals surface area contributed by atoms with Crippen LogP contribution in [0.2, 0.25) is 10.0 Å². The van der Waals surface area contributed by atoms with Crippen molar-refractivity contribution in [1.29, 1.82) is 0 Å². The molecule has 1 aromatic heterocycles. The lowest BCUT2D eigenvalue weighted by atomic mass is 9.78. The van der Waals surface area contributed by atoms with E-state index in [0.29, 0.717) is 5.56 Å². The lowest BCUT2D eigenvalue weighted by Crippen LogP contribution is -2.45. The van der Waals surface area contributed by atoms with Gasteiger partial charge in [0, 0.05) is 18.7 Å². The van der Waals surface area contributed by atoms with E-state index in [2.05, 4.69) is 27.2 Å². The third-order valence-corrected chi connectivity index (χ3v) is 5.64.